The molecule has 1 aliphatic heterocycles. The second-order valence-electron chi connectivity index (χ2n) is 7.97. The van der Waals surface area contributed by atoms with Crippen LogP contribution in [0.15, 0.2) is 54.7 Å². The Kier molecular flexibility index (Phi) is 4.10. The van der Waals surface area contributed by atoms with Crippen molar-refractivity contribution in [1.82, 2.24) is 10.5 Å². The number of carbonyl (C=O) groups is 2. The largest absolute Gasteiger partial charge is 0.310 e. The number of hydroxylamine groups is 1. The summed E-state index contributed by atoms with van der Waals surface area (Å²) in [6, 6.07) is 15.4. The molecule has 2 heterocycles. The van der Waals surface area contributed by atoms with Gasteiger partial charge in [-0.05, 0) is 61.1 Å². The topological polar surface area (TPSA) is 82.5 Å². The van der Waals surface area contributed by atoms with Crippen LogP contribution >= 0.6 is 0 Å². The zero-order valence-corrected chi connectivity index (χ0v) is 15.9. The molecule has 2 amide bonds. The van der Waals surface area contributed by atoms with Gasteiger partial charge in [-0.15, -0.1) is 0 Å². The van der Waals surface area contributed by atoms with Gasteiger partial charge in [0, 0.05) is 17.5 Å². The molecule has 1 atom stereocenters. The third-order valence-electron chi connectivity index (χ3n) is 6.37. The van der Waals surface area contributed by atoms with Crippen molar-refractivity contribution >= 4 is 28.4 Å². The molecule has 3 aromatic rings. The fourth-order valence-electron chi connectivity index (χ4n) is 4.73. The van der Waals surface area contributed by atoms with Crippen molar-refractivity contribution in [2.24, 2.45) is 5.41 Å². The van der Waals surface area contributed by atoms with E-state index in [1.807, 2.05) is 47.4 Å². The number of anilines is 1. The van der Waals surface area contributed by atoms with E-state index in [-0.39, 0.29) is 11.3 Å². The van der Waals surface area contributed by atoms with Crippen molar-refractivity contribution in [2.75, 3.05) is 11.4 Å². The highest BCUT2D eigenvalue weighted by molar-refractivity contribution is 6.01. The molecule has 5 rings (SSSR count). The Hall–Kier alpha value is -3.25. The lowest BCUT2D eigenvalue weighted by molar-refractivity contribution is -0.126. The van der Waals surface area contributed by atoms with Gasteiger partial charge in [0.1, 0.15) is 0 Å². The minimum atomic E-state index is -0.514. The molecule has 29 heavy (non-hydrogen) atoms. The van der Waals surface area contributed by atoms with Gasteiger partial charge in [-0.25, -0.2) is 5.48 Å². The van der Waals surface area contributed by atoms with E-state index in [1.165, 1.54) is 0 Å². The lowest BCUT2D eigenvalue weighted by Crippen LogP contribution is -2.38. The molecule has 0 bridgehead atoms. The van der Waals surface area contributed by atoms with E-state index in [1.54, 1.807) is 17.7 Å². The first-order valence-corrected chi connectivity index (χ1v) is 9.83. The van der Waals surface area contributed by atoms with Crippen molar-refractivity contribution < 1.29 is 14.8 Å². The molecule has 146 valence electrons. The van der Waals surface area contributed by atoms with Gasteiger partial charge in [-0.1, -0.05) is 24.3 Å². The van der Waals surface area contributed by atoms with Crippen LogP contribution in [0.3, 0.4) is 0 Å². The highest BCUT2D eigenvalue weighted by Crippen LogP contribution is 2.45. The van der Waals surface area contributed by atoms with E-state index >= 15 is 0 Å². The number of aryl methyl sites for hydroxylation is 1. The van der Waals surface area contributed by atoms with E-state index in [2.05, 4.69) is 4.98 Å². The van der Waals surface area contributed by atoms with Gasteiger partial charge in [0.15, 0.2) is 0 Å². The van der Waals surface area contributed by atoms with E-state index in [9.17, 15) is 9.59 Å². The highest BCUT2D eigenvalue weighted by Gasteiger charge is 2.48. The van der Waals surface area contributed by atoms with Crippen LogP contribution in [0.4, 0.5) is 5.69 Å². The summed E-state index contributed by atoms with van der Waals surface area (Å²) in [7, 11) is 0. The number of carbonyl (C=O) groups excluding carboxylic acids is 2. The Balaban J connectivity index is 1.42. The number of fused-ring (bicyclic) bond motifs is 2. The average molecular weight is 387 g/mol. The molecule has 1 spiro atoms. The second kappa shape index (κ2) is 6.67. The lowest BCUT2D eigenvalue weighted by Gasteiger charge is -2.33. The van der Waals surface area contributed by atoms with E-state index in [0.717, 1.165) is 47.0 Å². The average Bonchev–Trinajstić information content (AvgIpc) is 3.08. The van der Waals surface area contributed by atoms with Gasteiger partial charge in [0.25, 0.3) is 5.91 Å². The maximum absolute atomic E-state index is 13.5. The fourth-order valence-corrected chi connectivity index (χ4v) is 4.73. The molecule has 1 fully saturated rings. The maximum atomic E-state index is 13.5. The molecule has 0 radical (unpaired) electrons. The summed E-state index contributed by atoms with van der Waals surface area (Å²) in [6.45, 7) is 0.694. The first-order chi connectivity index (χ1) is 14.1. The molecule has 0 unspecified atom stereocenters. The van der Waals surface area contributed by atoms with Crippen molar-refractivity contribution in [3.63, 3.8) is 0 Å². The molecule has 1 aromatic heterocycles. The maximum Gasteiger partial charge on any atom is 0.274 e. The number of para-hydroxylation sites is 1. The summed E-state index contributed by atoms with van der Waals surface area (Å²) >= 11 is 0. The van der Waals surface area contributed by atoms with Gasteiger partial charge >= 0.3 is 0 Å². The predicted molar refractivity (Wildman–Crippen MR) is 109 cm³/mol. The smallest absolute Gasteiger partial charge is 0.274 e. The molecule has 2 aliphatic rings. The lowest BCUT2D eigenvalue weighted by atomic mass is 9.70. The number of hydrogen-bond acceptors (Lipinski definition) is 4. The first kappa shape index (κ1) is 17.8. The van der Waals surface area contributed by atoms with Crippen LogP contribution in [-0.2, 0) is 17.6 Å². The summed E-state index contributed by atoms with van der Waals surface area (Å²) in [5.41, 5.74) is 5.68. The highest BCUT2D eigenvalue weighted by atomic mass is 16.5. The molecule has 2 N–H and O–H groups in total. The summed E-state index contributed by atoms with van der Waals surface area (Å²) in [5, 5.41) is 9.87. The van der Waals surface area contributed by atoms with Crippen LogP contribution in [0.2, 0.25) is 0 Å². The molecular formula is C23H21N3O3. The molecule has 6 nitrogen and oxygen atoms in total. The Morgan fingerprint density at radius 3 is 2.83 bits per heavy atom. The predicted octanol–water partition coefficient (Wildman–Crippen LogP) is 3.27. The summed E-state index contributed by atoms with van der Waals surface area (Å²) in [4.78, 5) is 31.5. The van der Waals surface area contributed by atoms with Crippen molar-refractivity contribution in [3.8, 4) is 0 Å². The molecule has 6 heteroatoms. The van der Waals surface area contributed by atoms with E-state index in [4.69, 9.17) is 5.21 Å². The van der Waals surface area contributed by atoms with Gasteiger partial charge in [-0.2, -0.15) is 0 Å². The Morgan fingerprint density at radius 2 is 1.97 bits per heavy atom. The standard InChI is InChI=1S/C23H21N3O3/c27-21(25-29)17-5-6-18-13-23(8-7-15(18)11-17)9-10-26(22(23)28)19-12-16-3-1-2-4-20(16)24-14-19/h1-6,11-12,14,29H,7-10,13H2,(H,25,27)/t23-/m0/s1. The van der Waals surface area contributed by atoms with Gasteiger partial charge < -0.3 is 4.90 Å². The number of aromatic nitrogens is 1. The summed E-state index contributed by atoms with van der Waals surface area (Å²) in [6.07, 6.45) is 4.80. The summed E-state index contributed by atoms with van der Waals surface area (Å²) in [5.74, 6) is -0.350. The molecular weight excluding hydrogens is 366 g/mol. The van der Waals surface area contributed by atoms with Gasteiger partial charge in [0.05, 0.1) is 22.8 Å². The molecule has 1 saturated heterocycles. The quantitative estimate of drug-likeness (QED) is 0.522. The monoisotopic (exact) mass is 387 g/mol. The minimum Gasteiger partial charge on any atom is -0.310 e. The fraction of sp³-hybridized carbons (Fsp3) is 0.261. The number of nitrogens with zero attached hydrogens (tertiary/aromatic N) is 2. The van der Waals surface area contributed by atoms with Crippen molar-refractivity contribution in [3.05, 3.63) is 71.4 Å². The molecule has 0 saturated carbocycles. The third kappa shape index (κ3) is 2.87. The third-order valence-corrected chi connectivity index (χ3v) is 6.37. The van der Waals surface area contributed by atoms with Gasteiger partial charge in [0.2, 0.25) is 5.91 Å². The van der Waals surface area contributed by atoms with Crippen LogP contribution in [0, 0.1) is 5.41 Å². The minimum absolute atomic E-state index is 0.164. The van der Waals surface area contributed by atoms with Crippen LogP contribution in [0.25, 0.3) is 10.9 Å². The number of rotatable bonds is 2. The normalized spacial score (nSPS) is 20.9. The second-order valence-corrected chi connectivity index (χ2v) is 7.97. The molecule has 1 aliphatic carbocycles. The summed E-state index contributed by atoms with van der Waals surface area (Å²) < 4.78 is 0. The van der Waals surface area contributed by atoms with E-state index < -0.39 is 5.91 Å². The van der Waals surface area contributed by atoms with Crippen molar-refractivity contribution in [2.45, 2.75) is 25.7 Å². The Labute approximate surface area is 168 Å². The van der Waals surface area contributed by atoms with E-state index in [0.29, 0.717) is 18.5 Å². The number of amides is 2. The van der Waals surface area contributed by atoms with Crippen LogP contribution < -0.4 is 10.4 Å². The van der Waals surface area contributed by atoms with Crippen LogP contribution in [0.5, 0.6) is 0 Å². The number of hydrogen-bond donors (Lipinski definition) is 2. The SMILES string of the molecule is O=C(NO)c1ccc2c(c1)CC[C@]1(CCN(c3cnc4ccccc4c3)C1=O)C2. The number of pyridine rings is 1. The number of benzene rings is 2. The van der Waals surface area contributed by atoms with Gasteiger partial charge in [-0.3, -0.25) is 19.8 Å². The Bertz CT molecular complexity index is 1140. The van der Waals surface area contributed by atoms with Crippen LogP contribution in [-0.4, -0.2) is 28.6 Å². The van der Waals surface area contributed by atoms with Crippen molar-refractivity contribution in [1.29, 1.82) is 0 Å². The first-order valence-electron chi connectivity index (χ1n) is 9.83. The zero-order chi connectivity index (χ0) is 20.0. The Morgan fingerprint density at radius 1 is 1.10 bits per heavy atom. The molecule has 2 aromatic carbocycles. The number of nitrogens with one attached hydrogen (secondary N) is 1. The van der Waals surface area contributed by atoms with Crippen LogP contribution in [0.1, 0.15) is 34.3 Å². The zero-order valence-electron chi connectivity index (χ0n) is 15.9.